The Morgan fingerprint density at radius 3 is 2.72 bits per heavy atom. The zero-order valence-electron chi connectivity index (χ0n) is 10.2. The molecule has 0 saturated heterocycles. The van der Waals surface area contributed by atoms with Crippen LogP contribution in [0.5, 0.6) is 0 Å². The number of benzene rings is 1. The first-order chi connectivity index (χ1) is 8.79. The molecular formula is C14H14N2O2. The number of carbonyl (C=O) groups excluding carboxylic acids is 1. The van der Waals surface area contributed by atoms with Crippen LogP contribution in [0.25, 0.3) is 11.3 Å². The van der Waals surface area contributed by atoms with Crippen LogP contribution >= 0.6 is 0 Å². The average molecular weight is 242 g/mol. The first-order valence-corrected chi connectivity index (χ1v) is 5.74. The van der Waals surface area contributed by atoms with E-state index in [2.05, 4.69) is 14.7 Å². The zero-order valence-corrected chi connectivity index (χ0v) is 10.2. The van der Waals surface area contributed by atoms with Crippen LogP contribution in [0.15, 0.2) is 42.6 Å². The molecule has 1 heterocycles. The van der Waals surface area contributed by atoms with Crippen molar-refractivity contribution in [2.45, 2.75) is 12.8 Å². The Morgan fingerprint density at radius 1 is 1.22 bits per heavy atom. The standard InChI is InChI=1S/C14H14N2O2/c1-18-14(17)8-7-13-15-10-9-12(16-13)11-5-3-2-4-6-11/h2-6,9-10H,7-8H2,1H3. The molecule has 2 aromatic rings. The van der Waals surface area contributed by atoms with Gasteiger partial charge < -0.3 is 4.74 Å². The summed E-state index contributed by atoms with van der Waals surface area (Å²) in [6.45, 7) is 0. The Hall–Kier alpha value is -2.23. The van der Waals surface area contributed by atoms with Crippen LogP contribution in [0, 0.1) is 0 Å². The van der Waals surface area contributed by atoms with Crippen LogP contribution in [0.2, 0.25) is 0 Å². The summed E-state index contributed by atoms with van der Waals surface area (Å²) in [6, 6.07) is 11.7. The first-order valence-electron chi connectivity index (χ1n) is 5.74. The lowest BCUT2D eigenvalue weighted by molar-refractivity contribution is -0.140. The van der Waals surface area contributed by atoms with Crippen LogP contribution in [0.4, 0.5) is 0 Å². The summed E-state index contributed by atoms with van der Waals surface area (Å²) in [6.07, 6.45) is 2.50. The van der Waals surface area contributed by atoms with Gasteiger partial charge in [-0.3, -0.25) is 4.79 Å². The van der Waals surface area contributed by atoms with Crippen molar-refractivity contribution in [3.8, 4) is 11.3 Å². The fraction of sp³-hybridized carbons (Fsp3) is 0.214. The number of ether oxygens (including phenoxy) is 1. The van der Waals surface area contributed by atoms with E-state index >= 15 is 0 Å². The fourth-order valence-corrected chi connectivity index (χ4v) is 1.61. The van der Waals surface area contributed by atoms with Crippen LogP contribution in [-0.2, 0) is 16.0 Å². The molecule has 0 atom stereocenters. The van der Waals surface area contributed by atoms with E-state index in [-0.39, 0.29) is 5.97 Å². The molecule has 2 rings (SSSR count). The van der Waals surface area contributed by atoms with Crippen molar-refractivity contribution in [3.05, 3.63) is 48.4 Å². The zero-order chi connectivity index (χ0) is 12.8. The highest BCUT2D eigenvalue weighted by Crippen LogP contribution is 2.15. The average Bonchev–Trinajstić information content (AvgIpc) is 2.46. The number of aryl methyl sites for hydroxylation is 1. The van der Waals surface area contributed by atoms with Crippen LogP contribution < -0.4 is 0 Å². The van der Waals surface area contributed by atoms with Crippen molar-refractivity contribution in [3.63, 3.8) is 0 Å². The van der Waals surface area contributed by atoms with Crippen molar-refractivity contribution in [1.29, 1.82) is 0 Å². The molecule has 0 bridgehead atoms. The topological polar surface area (TPSA) is 52.1 Å². The molecule has 0 N–H and O–H groups in total. The van der Waals surface area contributed by atoms with Gasteiger partial charge in [-0.05, 0) is 6.07 Å². The number of carbonyl (C=O) groups is 1. The van der Waals surface area contributed by atoms with E-state index in [1.807, 2.05) is 36.4 Å². The van der Waals surface area contributed by atoms with E-state index in [0.29, 0.717) is 18.7 Å². The lowest BCUT2D eigenvalue weighted by atomic mass is 10.1. The molecule has 0 amide bonds. The van der Waals surface area contributed by atoms with Crippen LogP contribution in [-0.4, -0.2) is 23.0 Å². The third-order valence-electron chi connectivity index (χ3n) is 2.56. The number of hydrogen-bond acceptors (Lipinski definition) is 4. The summed E-state index contributed by atoms with van der Waals surface area (Å²) in [7, 11) is 1.38. The second-order valence-corrected chi connectivity index (χ2v) is 3.80. The lowest BCUT2D eigenvalue weighted by Gasteiger charge is -2.03. The predicted molar refractivity (Wildman–Crippen MR) is 67.8 cm³/mol. The van der Waals surface area contributed by atoms with Crippen LogP contribution in [0.3, 0.4) is 0 Å². The Morgan fingerprint density at radius 2 is 2.00 bits per heavy atom. The quantitative estimate of drug-likeness (QED) is 0.772. The molecule has 0 saturated carbocycles. The summed E-state index contributed by atoms with van der Waals surface area (Å²) in [5, 5.41) is 0. The first kappa shape index (κ1) is 12.2. The summed E-state index contributed by atoms with van der Waals surface area (Å²) < 4.78 is 4.59. The van der Waals surface area contributed by atoms with Crippen molar-refractivity contribution >= 4 is 5.97 Å². The lowest BCUT2D eigenvalue weighted by Crippen LogP contribution is -2.04. The molecule has 0 aliphatic carbocycles. The van der Waals surface area contributed by atoms with E-state index in [0.717, 1.165) is 11.3 Å². The Kier molecular flexibility index (Phi) is 4.02. The SMILES string of the molecule is COC(=O)CCc1nccc(-c2ccccc2)n1. The number of hydrogen-bond donors (Lipinski definition) is 0. The van der Waals surface area contributed by atoms with Gasteiger partial charge in [-0.15, -0.1) is 0 Å². The van der Waals surface area contributed by atoms with Gasteiger partial charge in [-0.1, -0.05) is 30.3 Å². The van der Waals surface area contributed by atoms with E-state index in [1.165, 1.54) is 7.11 Å². The van der Waals surface area contributed by atoms with Gasteiger partial charge in [0, 0.05) is 18.2 Å². The molecule has 4 heteroatoms. The maximum Gasteiger partial charge on any atom is 0.305 e. The smallest absolute Gasteiger partial charge is 0.305 e. The van der Waals surface area contributed by atoms with Gasteiger partial charge in [0.05, 0.1) is 19.2 Å². The van der Waals surface area contributed by atoms with Gasteiger partial charge in [-0.25, -0.2) is 9.97 Å². The van der Waals surface area contributed by atoms with Crippen molar-refractivity contribution in [2.24, 2.45) is 0 Å². The van der Waals surface area contributed by atoms with Gasteiger partial charge >= 0.3 is 5.97 Å². The maximum absolute atomic E-state index is 11.1. The maximum atomic E-state index is 11.1. The molecule has 1 aromatic carbocycles. The minimum absolute atomic E-state index is 0.247. The molecule has 0 aliphatic rings. The highest BCUT2D eigenvalue weighted by Gasteiger charge is 2.05. The minimum atomic E-state index is -0.247. The summed E-state index contributed by atoms with van der Waals surface area (Å²) in [5.74, 6) is 0.408. The minimum Gasteiger partial charge on any atom is -0.469 e. The molecule has 18 heavy (non-hydrogen) atoms. The number of nitrogens with zero attached hydrogens (tertiary/aromatic N) is 2. The predicted octanol–water partition coefficient (Wildman–Crippen LogP) is 2.25. The van der Waals surface area contributed by atoms with Crippen molar-refractivity contribution < 1.29 is 9.53 Å². The van der Waals surface area contributed by atoms with Gasteiger partial charge in [0.1, 0.15) is 5.82 Å². The fourth-order valence-electron chi connectivity index (χ4n) is 1.61. The second-order valence-electron chi connectivity index (χ2n) is 3.80. The van der Waals surface area contributed by atoms with Crippen molar-refractivity contribution in [2.75, 3.05) is 7.11 Å². The highest BCUT2D eigenvalue weighted by molar-refractivity contribution is 5.69. The van der Waals surface area contributed by atoms with Gasteiger partial charge in [0.25, 0.3) is 0 Å². The monoisotopic (exact) mass is 242 g/mol. The molecule has 0 aliphatic heterocycles. The van der Waals surface area contributed by atoms with Gasteiger partial charge in [-0.2, -0.15) is 0 Å². The molecule has 0 fully saturated rings. The Bertz CT molecular complexity index is 526. The number of methoxy groups -OCH3 is 1. The van der Waals surface area contributed by atoms with E-state index in [1.54, 1.807) is 6.20 Å². The van der Waals surface area contributed by atoms with Crippen LogP contribution in [0.1, 0.15) is 12.2 Å². The second kappa shape index (κ2) is 5.91. The largest absolute Gasteiger partial charge is 0.469 e. The molecule has 0 radical (unpaired) electrons. The van der Waals surface area contributed by atoms with E-state index < -0.39 is 0 Å². The van der Waals surface area contributed by atoms with Crippen molar-refractivity contribution in [1.82, 2.24) is 9.97 Å². The normalized spacial score (nSPS) is 10.1. The number of esters is 1. The Balaban J connectivity index is 2.13. The third-order valence-corrected chi connectivity index (χ3v) is 2.56. The molecular weight excluding hydrogens is 228 g/mol. The third kappa shape index (κ3) is 3.13. The molecule has 4 nitrogen and oxygen atoms in total. The molecule has 92 valence electrons. The van der Waals surface area contributed by atoms with E-state index in [4.69, 9.17) is 0 Å². The summed E-state index contributed by atoms with van der Waals surface area (Å²) in [4.78, 5) is 19.6. The van der Waals surface area contributed by atoms with Gasteiger partial charge in [0.2, 0.25) is 0 Å². The number of aromatic nitrogens is 2. The molecule has 1 aromatic heterocycles. The molecule has 0 spiro atoms. The number of rotatable bonds is 4. The summed E-state index contributed by atoms with van der Waals surface area (Å²) >= 11 is 0. The van der Waals surface area contributed by atoms with Gasteiger partial charge in [0.15, 0.2) is 0 Å². The van der Waals surface area contributed by atoms with E-state index in [9.17, 15) is 4.79 Å². The summed E-state index contributed by atoms with van der Waals surface area (Å²) in [5.41, 5.74) is 1.91. The molecule has 0 unspecified atom stereocenters. The Labute approximate surface area is 106 Å². The highest BCUT2D eigenvalue weighted by atomic mass is 16.5.